The number of aromatic nitrogens is 4. The number of anilines is 2. The molecule has 0 saturated carbocycles. The number of H-pyrrole nitrogens is 1. The number of nitrogens with one attached hydrogen (secondary N) is 4. The number of urea groups is 1. The zero-order valence-electron chi connectivity index (χ0n) is 26.7. The molecule has 1 aliphatic rings. The van der Waals surface area contributed by atoms with Gasteiger partial charge >= 0.3 is 6.03 Å². The number of fused-ring (bicyclic) bond motifs is 1. The first-order valence-electron chi connectivity index (χ1n) is 15.7. The summed E-state index contributed by atoms with van der Waals surface area (Å²) in [7, 11) is 1.57. The summed E-state index contributed by atoms with van der Waals surface area (Å²) in [5.41, 5.74) is 7.90. The van der Waals surface area contributed by atoms with Crippen LogP contribution in [0.2, 0.25) is 5.02 Å². The van der Waals surface area contributed by atoms with Crippen molar-refractivity contribution in [1.29, 1.82) is 0 Å². The van der Waals surface area contributed by atoms with Gasteiger partial charge in [0.1, 0.15) is 18.0 Å². The monoisotopic (exact) mass is 682 g/mol. The molecule has 0 bridgehead atoms. The zero-order valence-corrected chi connectivity index (χ0v) is 27.4. The molecule has 14 nitrogen and oxygen atoms in total. The van der Waals surface area contributed by atoms with Crippen molar-refractivity contribution in [3.8, 4) is 11.5 Å². The van der Waals surface area contributed by atoms with Gasteiger partial charge in [0.05, 0.1) is 42.3 Å². The number of ether oxygens (including phenoxy) is 2. The molecule has 2 aromatic heterocycles. The van der Waals surface area contributed by atoms with E-state index in [2.05, 4.69) is 40.8 Å². The molecule has 2 aromatic carbocycles. The maximum atomic E-state index is 13.6. The largest absolute Gasteiger partial charge is 0.493 e. The van der Waals surface area contributed by atoms with E-state index in [9.17, 15) is 14.0 Å². The molecule has 256 valence electrons. The van der Waals surface area contributed by atoms with Crippen LogP contribution in [0.15, 0.2) is 49.2 Å². The van der Waals surface area contributed by atoms with Gasteiger partial charge in [-0.2, -0.15) is 0 Å². The maximum absolute atomic E-state index is 13.6. The molecule has 6 N–H and O–H groups in total. The number of carbonyl (C=O) groups excluding carboxylic acids is 2. The summed E-state index contributed by atoms with van der Waals surface area (Å²) in [5, 5.41) is 9.62. The first kappa shape index (κ1) is 34.6. The lowest BCUT2D eigenvalue weighted by Gasteiger charge is -2.34. The predicted octanol–water partition coefficient (Wildman–Crippen LogP) is 3.07. The van der Waals surface area contributed by atoms with Gasteiger partial charge in [0, 0.05) is 75.6 Å². The molecule has 48 heavy (non-hydrogen) atoms. The Labute approximate surface area is 282 Å². The Morgan fingerprint density at radius 2 is 1.88 bits per heavy atom. The highest BCUT2D eigenvalue weighted by Crippen LogP contribution is 2.35. The fourth-order valence-corrected chi connectivity index (χ4v) is 5.43. The molecule has 3 heterocycles. The molecular weight excluding hydrogens is 643 g/mol. The van der Waals surface area contributed by atoms with Crippen LogP contribution >= 0.6 is 11.6 Å². The number of hydrogen-bond acceptors (Lipinski definition) is 10. The van der Waals surface area contributed by atoms with Gasteiger partial charge in [-0.05, 0) is 37.1 Å². The van der Waals surface area contributed by atoms with Gasteiger partial charge in [0.25, 0.3) is 0 Å². The first-order chi connectivity index (χ1) is 23.3. The van der Waals surface area contributed by atoms with Crippen LogP contribution in [0.3, 0.4) is 0 Å². The molecule has 5 rings (SSSR count). The number of hydrogen-bond donors (Lipinski definition) is 5. The number of imidazole rings is 1. The molecule has 0 spiro atoms. The van der Waals surface area contributed by atoms with Crippen LogP contribution in [0.25, 0.3) is 10.9 Å². The molecule has 4 aromatic rings. The third kappa shape index (κ3) is 9.42. The van der Waals surface area contributed by atoms with E-state index in [1.807, 2.05) is 6.07 Å². The van der Waals surface area contributed by atoms with E-state index >= 15 is 0 Å². The lowest BCUT2D eigenvalue weighted by Crippen LogP contribution is -2.52. The quantitative estimate of drug-likeness (QED) is 0.117. The van der Waals surface area contributed by atoms with Gasteiger partial charge in [-0.3, -0.25) is 9.69 Å². The maximum Gasteiger partial charge on any atom is 0.317 e. The number of aromatic amines is 1. The average molecular weight is 683 g/mol. The summed E-state index contributed by atoms with van der Waals surface area (Å²) < 4.78 is 25.3. The van der Waals surface area contributed by atoms with Crippen molar-refractivity contribution in [2.45, 2.75) is 25.3 Å². The topological polar surface area (TPSA) is 176 Å². The smallest absolute Gasteiger partial charge is 0.317 e. The van der Waals surface area contributed by atoms with E-state index in [1.165, 1.54) is 18.5 Å². The van der Waals surface area contributed by atoms with E-state index in [0.717, 1.165) is 31.7 Å². The molecule has 1 unspecified atom stereocenters. The summed E-state index contributed by atoms with van der Waals surface area (Å²) in [6.07, 6.45) is 6.42. The van der Waals surface area contributed by atoms with Crippen LogP contribution in [-0.2, 0) is 11.2 Å². The van der Waals surface area contributed by atoms with Crippen molar-refractivity contribution in [2.24, 2.45) is 5.73 Å². The Morgan fingerprint density at radius 1 is 1.06 bits per heavy atom. The fraction of sp³-hybridized carbons (Fsp3) is 0.406. The highest BCUT2D eigenvalue weighted by molar-refractivity contribution is 6.31. The molecule has 1 atom stereocenters. The molecule has 1 saturated heterocycles. The van der Waals surface area contributed by atoms with Crippen LogP contribution in [0, 0.1) is 5.82 Å². The van der Waals surface area contributed by atoms with Gasteiger partial charge in [0.15, 0.2) is 11.5 Å². The normalized spacial score (nSPS) is 14.0. The van der Waals surface area contributed by atoms with Crippen molar-refractivity contribution < 1.29 is 23.5 Å². The van der Waals surface area contributed by atoms with Gasteiger partial charge in [-0.25, -0.2) is 24.1 Å². The highest BCUT2D eigenvalue weighted by atomic mass is 35.5. The lowest BCUT2D eigenvalue weighted by molar-refractivity contribution is -0.122. The Hall–Kier alpha value is -4.73. The van der Waals surface area contributed by atoms with E-state index in [-0.39, 0.29) is 17.0 Å². The van der Waals surface area contributed by atoms with Crippen LogP contribution in [0.1, 0.15) is 18.5 Å². The molecule has 1 aliphatic heterocycles. The number of nitrogens with zero attached hydrogens (tertiary/aromatic N) is 5. The lowest BCUT2D eigenvalue weighted by atomic mass is 10.1. The Bertz CT molecular complexity index is 1670. The van der Waals surface area contributed by atoms with Crippen molar-refractivity contribution in [2.75, 3.05) is 64.8 Å². The summed E-state index contributed by atoms with van der Waals surface area (Å²) in [6, 6.07) is 7.19. The van der Waals surface area contributed by atoms with Crippen molar-refractivity contribution in [1.82, 2.24) is 40.4 Å². The minimum Gasteiger partial charge on any atom is -0.493 e. The first-order valence-corrected chi connectivity index (χ1v) is 16.1. The number of amides is 3. The molecule has 0 aliphatic carbocycles. The average Bonchev–Trinajstić information content (AvgIpc) is 3.61. The zero-order chi connectivity index (χ0) is 33.9. The van der Waals surface area contributed by atoms with Crippen LogP contribution < -0.4 is 31.2 Å². The van der Waals surface area contributed by atoms with E-state index in [4.69, 9.17) is 26.8 Å². The number of benzene rings is 2. The van der Waals surface area contributed by atoms with Crippen molar-refractivity contribution >= 4 is 45.9 Å². The van der Waals surface area contributed by atoms with Gasteiger partial charge in [0.2, 0.25) is 5.91 Å². The summed E-state index contributed by atoms with van der Waals surface area (Å²) in [5.74, 6) is 0.877. The van der Waals surface area contributed by atoms with Crippen molar-refractivity contribution in [3.63, 3.8) is 0 Å². The second-order valence-corrected chi connectivity index (χ2v) is 11.7. The van der Waals surface area contributed by atoms with Gasteiger partial charge < -0.3 is 41.0 Å². The van der Waals surface area contributed by atoms with Crippen LogP contribution in [0.5, 0.6) is 11.5 Å². The van der Waals surface area contributed by atoms with Crippen LogP contribution in [-0.4, -0.2) is 107 Å². The standard InChI is InChI=1S/C32H40ClFN10O4/c1-47-28-17-27-23(30(41-20-40-27)42-21-4-5-25(34)24(33)14-21)16-29(28)48-13-3-8-43-9-11-44(12-10-43)32(46)38-7-2-6-37-31(45)26(35)15-22-18-36-19-39-22/h4-5,14,16-20,26H,2-3,6-13,15,35H2,1H3,(H,36,39)(H,37,45)(H,38,46)(H,40,41,42). The highest BCUT2D eigenvalue weighted by Gasteiger charge is 2.21. The second kappa shape index (κ2) is 16.9. The predicted molar refractivity (Wildman–Crippen MR) is 180 cm³/mol. The fourth-order valence-electron chi connectivity index (χ4n) is 5.25. The summed E-state index contributed by atoms with van der Waals surface area (Å²) >= 11 is 5.95. The number of methoxy groups -OCH3 is 1. The third-order valence-electron chi connectivity index (χ3n) is 7.89. The number of carbonyl (C=O) groups is 2. The molecule has 0 radical (unpaired) electrons. The second-order valence-electron chi connectivity index (χ2n) is 11.3. The molecular formula is C32H40ClFN10O4. The van der Waals surface area contributed by atoms with E-state index in [0.29, 0.717) is 79.5 Å². The SMILES string of the molecule is COc1cc2ncnc(Nc3ccc(F)c(Cl)c3)c2cc1OCCCN1CCN(C(=O)NCCCNC(=O)C(N)Cc2c[nH]cn2)CC1. The molecule has 3 amide bonds. The number of halogens is 2. The van der Waals surface area contributed by atoms with Gasteiger partial charge in [-0.1, -0.05) is 11.6 Å². The minimum absolute atomic E-state index is 0.00685. The van der Waals surface area contributed by atoms with E-state index in [1.54, 1.807) is 36.7 Å². The van der Waals surface area contributed by atoms with E-state index < -0.39 is 11.9 Å². The molecule has 16 heteroatoms. The Morgan fingerprint density at radius 3 is 2.62 bits per heavy atom. The summed E-state index contributed by atoms with van der Waals surface area (Å²) in [4.78, 5) is 44.5. The number of nitrogens with two attached hydrogens (primary N) is 1. The summed E-state index contributed by atoms with van der Waals surface area (Å²) in [6.45, 7) is 4.91. The van der Waals surface area contributed by atoms with Crippen LogP contribution in [0.4, 0.5) is 20.7 Å². The Balaban J connectivity index is 1.00. The Kier molecular flexibility index (Phi) is 12.2. The third-order valence-corrected chi connectivity index (χ3v) is 8.18. The number of rotatable bonds is 15. The van der Waals surface area contributed by atoms with Gasteiger partial charge in [-0.15, -0.1) is 0 Å². The minimum atomic E-state index is -0.672. The number of piperazine rings is 1. The van der Waals surface area contributed by atoms with Crippen molar-refractivity contribution in [3.05, 3.63) is 65.7 Å². The molecule has 1 fully saturated rings.